The Balaban J connectivity index is 5.97. The van der Waals surface area contributed by atoms with Crippen LogP contribution in [0, 0.1) is 5.41 Å². The molecule has 0 saturated heterocycles. The van der Waals surface area contributed by atoms with Crippen LogP contribution in [-0.4, -0.2) is 102 Å². The van der Waals surface area contributed by atoms with E-state index in [4.69, 9.17) is 13.3 Å². The molecular formula is C27H61N3O3Si. The average molecular weight is 504 g/mol. The molecule has 6 nitrogen and oxygen atoms in total. The number of rotatable bonds is 24. The van der Waals surface area contributed by atoms with Crippen LogP contribution in [0.5, 0.6) is 0 Å². The van der Waals surface area contributed by atoms with Gasteiger partial charge in [0, 0.05) is 25.9 Å². The van der Waals surface area contributed by atoms with Gasteiger partial charge in [0.1, 0.15) is 0 Å². The highest BCUT2D eigenvalue weighted by atomic mass is 28.4. The predicted octanol–water partition coefficient (Wildman–Crippen LogP) is 5.61. The van der Waals surface area contributed by atoms with Crippen LogP contribution in [0.3, 0.4) is 0 Å². The monoisotopic (exact) mass is 503 g/mol. The fourth-order valence-electron chi connectivity index (χ4n) is 4.97. The molecule has 34 heavy (non-hydrogen) atoms. The summed E-state index contributed by atoms with van der Waals surface area (Å²) in [7, 11) is -2.66. The zero-order valence-electron chi connectivity index (χ0n) is 24.6. The molecule has 0 aromatic rings. The van der Waals surface area contributed by atoms with Gasteiger partial charge in [-0.2, -0.15) is 0 Å². The third kappa shape index (κ3) is 12.8. The van der Waals surface area contributed by atoms with Gasteiger partial charge >= 0.3 is 8.80 Å². The maximum atomic E-state index is 6.27. The molecule has 0 bridgehead atoms. The topological polar surface area (TPSA) is 37.4 Å². The molecule has 0 atom stereocenters. The second-order valence-electron chi connectivity index (χ2n) is 9.31. The van der Waals surface area contributed by atoms with Gasteiger partial charge in [-0.15, -0.1) is 0 Å². The molecule has 0 amide bonds. The molecule has 0 heterocycles. The highest BCUT2D eigenvalue weighted by molar-refractivity contribution is 6.60. The summed E-state index contributed by atoms with van der Waals surface area (Å²) in [5, 5.41) is 0. The average Bonchev–Trinajstić information content (AvgIpc) is 2.85. The smallest absolute Gasteiger partial charge is 0.374 e. The van der Waals surface area contributed by atoms with Crippen LogP contribution in [-0.2, 0) is 13.3 Å². The molecule has 0 spiro atoms. The van der Waals surface area contributed by atoms with Crippen LogP contribution >= 0.6 is 0 Å². The van der Waals surface area contributed by atoms with E-state index in [1.165, 1.54) is 19.3 Å². The lowest BCUT2D eigenvalue weighted by Gasteiger charge is -2.40. The van der Waals surface area contributed by atoms with Crippen LogP contribution in [0.2, 0.25) is 6.04 Å². The van der Waals surface area contributed by atoms with Crippen molar-refractivity contribution in [1.29, 1.82) is 0 Å². The lowest BCUT2D eigenvalue weighted by Crippen LogP contribution is -2.47. The largest absolute Gasteiger partial charge is 0.500 e. The van der Waals surface area contributed by atoms with Crippen molar-refractivity contribution >= 4 is 8.80 Å². The third-order valence-electron chi connectivity index (χ3n) is 7.61. The molecule has 0 N–H and O–H groups in total. The van der Waals surface area contributed by atoms with E-state index in [9.17, 15) is 0 Å². The van der Waals surface area contributed by atoms with Crippen molar-refractivity contribution in [3.63, 3.8) is 0 Å². The van der Waals surface area contributed by atoms with Crippen molar-refractivity contribution in [2.45, 2.75) is 94.0 Å². The van der Waals surface area contributed by atoms with Gasteiger partial charge in [0.2, 0.25) is 0 Å². The van der Waals surface area contributed by atoms with E-state index >= 15 is 0 Å². The van der Waals surface area contributed by atoms with Crippen molar-refractivity contribution < 1.29 is 13.3 Å². The maximum Gasteiger partial charge on any atom is 0.500 e. The van der Waals surface area contributed by atoms with E-state index in [1.807, 2.05) is 0 Å². The fraction of sp³-hybridized carbons (Fsp3) is 1.00. The molecule has 0 aromatic heterocycles. The quantitative estimate of drug-likeness (QED) is 0.159. The molecule has 0 aliphatic carbocycles. The van der Waals surface area contributed by atoms with E-state index < -0.39 is 8.80 Å². The van der Waals surface area contributed by atoms with E-state index in [-0.39, 0.29) is 5.41 Å². The van der Waals surface area contributed by atoms with Crippen LogP contribution in [0.15, 0.2) is 0 Å². The Morgan fingerprint density at radius 3 is 1.00 bits per heavy atom. The first-order valence-corrected chi connectivity index (χ1v) is 16.4. The Morgan fingerprint density at radius 1 is 0.471 bits per heavy atom. The summed E-state index contributed by atoms with van der Waals surface area (Å²) in [6, 6.07) is 0.914. The zero-order chi connectivity index (χ0) is 25.9. The van der Waals surface area contributed by atoms with Gasteiger partial charge in [0.15, 0.2) is 0 Å². The molecule has 0 radical (unpaired) electrons. The molecule has 0 aliphatic rings. The normalized spacial score (nSPS) is 13.1. The number of hydrogen-bond acceptors (Lipinski definition) is 6. The summed E-state index contributed by atoms with van der Waals surface area (Å²) in [5.41, 5.74) is 0.261. The van der Waals surface area contributed by atoms with Crippen molar-refractivity contribution in [3.05, 3.63) is 0 Å². The molecule has 206 valence electrons. The molecule has 0 aromatic carbocycles. The fourth-order valence-corrected chi connectivity index (χ4v) is 7.81. The van der Waals surface area contributed by atoms with E-state index in [0.29, 0.717) is 19.8 Å². The summed E-state index contributed by atoms with van der Waals surface area (Å²) in [4.78, 5) is 7.76. The minimum absolute atomic E-state index is 0.261. The van der Waals surface area contributed by atoms with E-state index in [0.717, 1.165) is 71.4 Å². The van der Waals surface area contributed by atoms with Crippen molar-refractivity contribution in [2.75, 3.05) is 78.7 Å². The van der Waals surface area contributed by atoms with Crippen molar-refractivity contribution in [3.8, 4) is 0 Å². The van der Waals surface area contributed by atoms with Crippen LogP contribution in [0.25, 0.3) is 0 Å². The molecule has 0 rings (SSSR count). The standard InChI is InChI=1S/C27H61N3O3Si/c1-10-28(11-2)23-19-27(20-24-29(12-3)13-4,21-25-30(14-5)15-6)22-26-34(31-16-7,32-17-8)33-18-9/h10-26H2,1-9H3. The van der Waals surface area contributed by atoms with Crippen LogP contribution in [0.1, 0.15) is 88.0 Å². The van der Waals surface area contributed by atoms with Gasteiger partial charge in [-0.3, -0.25) is 0 Å². The summed E-state index contributed by atoms with van der Waals surface area (Å²) >= 11 is 0. The van der Waals surface area contributed by atoms with Gasteiger partial charge in [-0.1, -0.05) is 41.5 Å². The summed E-state index contributed by atoms with van der Waals surface area (Å²) in [5.74, 6) is 0. The van der Waals surface area contributed by atoms with E-state index in [1.54, 1.807) is 0 Å². The Hall–Kier alpha value is -0.0231. The number of nitrogens with zero attached hydrogens (tertiary/aromatic N) is 3. The van der Waals surface area contributed by atoms with Gasteiger partial charge < -0.3 is 28.0 Å². The SMILES string of the molecule is CCO[Si](CCC(CCN(CC)CC)(CCN(CC)CC)CCN(CC)CC)(OCC)OCC. The first-order chi connectivity index (χ1) is 16.4. The summed E-state index contributed by atoms with van der Waals surface area (Å²) in [6.45, 7) is 32.1. The lowest BCUT2D eigenvalue weighted by molar-refractivity contribution is 0.0606. The number of hydrogen-bond donors (Lipinski definition) is 0. The van der Waals surface area contributed by atoms with Crippen LogP contribution < -0.4 is 0 Å². The van der Waals surface area contributed by atoms with Crippen LogP contribution in [0.4, 0.5) is 0 Å². The Bertz CT molecular complexity index is 401. The summed E-state index contributed by atoms with van der Waals surface area (Å²) in [6.07, 6.45) is 4.80. The first kappa shape index (κ1) is 34.0. The van der Waals surface area contributed by atoms with Crippen molar-refractivity contribution in [2.24, 2.45) is 5.41 Å². The van der Waals surface area contributed by atoms with Gasteiger partial charge in [-0.25, -0.2) is 0 Å². The lowest BCUT2D eigenvalue weighted by atomic mass is 9.75. The summed E-state index contributed by atoms with van der Waals surface area (Å²) < 4.78 is 18.8. The minimum atomic E-state index is -2.66. The maximum absolute atomic E-state index is 6.27. The Kier molecular flexibility index (Phi) is 20.1. The molecule has 7 heteroatoms. The highest BCUT2D eigenvalue weighted by Gasteiger charge is 2.43. The highest BCUT2D eigenvalue weighted by Crippen LogP contribution is 2.40. The molecule has 0 saturated carbocycles. The Labute approximate surface area is 215 Å². The first-order valence-electron chi connectivity index (χ1n) is 14.5. The van der Waals surface area contributed by atoms with Gasteiger partial charge in [-0.05, 0) is 111 Å². The molecular weight excluding hydrogens is 442 g/mol. The third-order valence-corrected chi connectivity index (χ3v) is 10.7. The molecule has 0 aliphatic heterocycles. The van der Waals surface area contributed by atoms with Crippen molar-refractivity contribution in [1.82, 2.24) is 14.7 Å². The molecule has 0 unspecified atom stereocenters. The second kappa shape index (κ2) is 20.1. The zero-order valence-corrected chi connectivity index (χ0v) is 25.6. The van der Waals surface area contributed by atoms with Gasteiger partial charge in [0.25, 0.3) is 0 Å². The van der Waals surface area contributed by atoms with E-state index in [2.05, 4.69) is 77.0 Å². The second-order valence-corrected chi connectivity index (χ2v) is 12.0. The van der Waals surface area contributed by atoms with Gasteiger partial charge in [0.05, 0.1) is 0 Å². The molecule has 0 fully saturated rings. The minimum Gasteiger partial charge on any atom is -0.374 e. The Morgan fingerprint density at radius 2 is 0.765 bits per heavy atom. The predicted molar refractivity (Wildman–Crippen MR) is 150 cm³/mol.